The maximum atomic E-state index is 12.0. The molecule has 0 heterocycles. The van der Waals surface area contributed by atoms with Crippen LogP contribution < -0.4 is 4.74 Å². The SMILES string of the molecule is CCCCCc1cc(O)c(C2C=C(C)CCC2)c(OCOC(=O)C(C)(C)C)c1. The molecular weight excluding hydrogens is 352 g/mol. The van der Waals surface area contributed by atoms with Crippen molar-refractivity contribution in [3.05, 3.63) is 34.9 Å². The molecule has 4 nitrogen and oxygen atoms in total. The Kier molecular flexibility index (Phi) is 7.97. The van der Waals surface area contributed by atoms with E-state index in [0.717, 1.165) is 56.1 Å². The van der Waals surface area contributed by atoms with Gasteiger partial charge in [0.25, 0.3) is 0 Å². The summed E-state index contributed by atoms with van der Waals surface area (Å²) >= 11 is 0. The lowest BCUT2D eigenvalue weighted by atomic mass is 9.84. The average molecular weight is 389 g/mol. The van der Waals surface area contributed by atoms with E-state index < -0.39 is 5.41 Å². The molecule has 0 saturated heterocycles. The van der Waals surface area contributed by atoms with Crippen LogP contribution in [0.4, 0.5) is 0 Å². The first-order valence-electron chi connectivity index (χ1n) is 10.6. The van der Waals surface area contributed by atoms with Gasteiger partial charge in [-0.15, -0.1) is 0 Å². The fraction of sp³-hybridized carbons (Fsp3) is 0.625. The minimum absolute atomic E-state index is 0.131. The molecule has 0 aromatic heterocycles. The molecule has 0 amide bonds. The lowest BCUT2D eigenvalue weighted by Gasteiger charge is -2.24. The molecule has 28 heavy (non-hydrogen) atoms. The van der Waals surface area contributed by atoms with E-state index in [9.17, 15) is 9.90 Å². The van der Waals surface area contributed by atoms with Gasteiger partial charge in [0.2, 0.25) is 6.79 Å². The normalized spacial score (nSPS) is 17.2. The van der Waals surface area contributed by atoms with E-state index in [1.165, 1.54) is 5.57 Å². The second kappa shape index (κ2) is 9.99. The Balaban J connectivity index is 2.24. The summed E-state index contributed by atoms with van der Waals surface area (Å²) in [7, 11) is 0. The van der Waals surface area contributed by atoms with Gasteiger partial charge in [-0.2, -0.15) is 0 Å². The molecule has 1 aliphatic rings. The van der Waals surface area contributed by atoms with E-state index in [1.807, 2.05) is 32.9 Å². The largest absolute Gasteiger partial charge is 0.507 e. The first-order chi connectivity index (χ1) is 13.2. The van der Waals surface area contributed by atoms with Gasteiger partial charge in [0.1, 0.15) is 11.5 Å². The first-order valence-corrected chi connectivity index (χ1v) is 10.6. The zero-order chi connectivity index (χ0) is 20.7. The van der Waals surface area contributed by atoms with Crippen LogP contribution in [0.25, 0.3) is 0 Å². The van der Waals surface area contributed by atoms with E-state index in [0.29, 0.717) is 5.75 Å². The van der Waals surface area contributed by atoms with Gasteiger partial charge in [0.15, 0.2) is 0 Å². The number of rotatable bonds is 8. The monoisotopic (exact) mass is 388 g/mol. The molecule has 156 valence electrons. The van der Waals surface area contributed by atoms with Crippen molar-refractivity contribution in [1.82, 2.24) is 0 Å². The maximum Gasteiger partial charge on any atom is 0.314 e. The third kappa shape index (κ3) is 6.29. The van der Waals surface area contributed by atoms with Gasteiger partial charge >= 0.3 is 5.97 Å². The minimum Gasteiger partial charge on any atom is -0.507 e. The standard InChI is InChI=1S/C24H36O4/c1-6-7-8-11-18-14-20(25)22(19-12-9-10-17(2)13-19)21(15-18)27-16-28-23(26)24(3,4)5/h13-15,19,25H,6-12,16H2,1-5H3. The number of esters is 1. The number of carbonyl (C=O) groups is 1. The predicted octanol–water partition coefficient (Wildman–Crippen LogP) is 6.26. The molecule has 4 heteroatoms. The number of aryl methyl sites for hydroxylation is 1. The first kappa shape index (κ1) is 22.3. The molecule has 0 fully saturated rings. The third-order valence-corrected chi connectivity index (χ3v) is 5.21. The summed E-state index contributed by atoms with van der Waals surface area (Å²) in [5, 5.41) is 10.8. The highest BCUT2D eigenvalue weighted by molar-refractivity contribution is 5.75. The van der Waals surface area contributed by atoms with Crippen LogP contribution >= 0.6 is 0 Å². The van der Waals surface area contributed by atoms with E-state index >= 15 is 0 Å². The van der Waals surface area contributed by atoms with Crippen molar-refractivity contribution in [2.45, 2.75) is 85.5 Å². The highest BCUT2D eigenvalue weighted by Gasteiger charge is 2.25. The zero-order valence-corrected chi connectivity index (χ0v) is 18.1. The van der Waals surface area contributed by atoms with Crippen molar-refractivity contribution in [2.24, 2.45) is 5.41 Å². The number of unbranched alkanes of at least 4 members (excludes halogenated alkanes) is 2. The maximum absolute atomic E-state index is 12.0. The van der Waals surface area contributed by atoms with Crippen LogP contribution in [0, 0.1) is 5.41 Å². The fourth-order valence-electron chi connectivity index (χ4n) is 3.58. The summed E-state index contributed by atoms with van der Waals surface area (Å²) in [5.41, 5.74) is 2.64. The van der Waals surface area contributed by atoms with E-state index in [2.05, 4.69) is 19.9 Å². The van der Waals surface area contributed by atoms with Crippen molar-refractivity contribution in [2.75, 3.05) is 6.79 Å². The lowest BCUT2D eigenvalue weighted by molar-refractivity contribution is -0.159. The Morgan fingerprint density at radius 1 is 1.25 bits per heavy atom. The molecular formula is C24H36O4. The number of hydrogen-bond acceptors (Lipinski definition) is 4. The molecule has 1 atom stereocenters. The van der Waals surface area contributed by atoms with E-state index in [1.54, 1.807) is 0 Å². The smallest absolute Gasteiger partial charge is 0.314 e. The molecule has 0 saturated carbocycles. The second-order valence-electron chi connectivity index (χ2n) is 8.94. The van der Waals surface area contributed by atoms with Crippen LogP contribution in [0.2, 0.25) is 0 Å². The molecule has 2 rings (SSSR count). The summed E-state index contributed by atoms with van der Waals surface area (Å²) < 4.78 is 11.2. The number of phenolic OH excluding ortho intramolecular Hbond substituents is 1. The minimum atomic E-state index is -0.570. The Hall–Kier alpha value is -1.97. The number of phenols is 1. The molecule has 1 aromatic rings. The second-order valence-corrected chi connectivity index (χ2v) is 8.94. The Morgan fingerprint density at radius 2 is 2.00 bits per heavy atom. The molecule has 0 radical (unpaired) electrons. The van der Waals surface area contributed by atoms with Crippen LogP contribution in [0.3, 0.4) is 0 Å². The van der Waals surface area contributed by atoms with Gasteiger partial charge in [-0.05, 0) is 77.5 Å². The van der Waals surface area contributed by atoms with Gasteiger partial charge in [-0.3, -0.25) is 4.79 Å². The van der Waals surface area contributed by atoms with Crippen LogP contribution in [0.1, 0.15) is 90.2 Å². The van der Waals surface area contributed by atoms with Gasteiger partial charge in [0.05, 0.1) is 5.41 Å². The summed E-state index contributed by atoms with van der Waals surface area (Å²) in [4.78, 5) is 12.0. The number of hydrogen-bond donors (Lipinski definition) is 1. The lowest BCUT2D eigenvalue weighted by Crippen LogP contribution is -2.24. The van der Waals surface area contributed by atoms with Crippen molar-refractivity contribution in [3.8, 4) is 11.5 Å². The number of ether oxygens (including phenoxy) is 2. The molecule has 0 aliphatic heterocycles. The number of aromatic hydroxyl groups is 1. The van der Waals surface area contributed by atoms with Crippen LogP contribution in [-0.4, -0.2) is 17.9 Å². The van der Waals surface area contributed by atoms with Gasteiger partial charge in [0, 0.05) is 11.5 Å². The highest BCUT2D eigenvalue weighted by atomic mass is 16.7. The average Bonchev–Trinajstić information content (AvgIpc) is 2.61. The summed E-state index contributed by atoms with van der Waals surface area (Å²) in [6.45, 7) is 9.62. The van der Waals surface area contributed by atoms with Crippen LogP contribution in [0.5, 0.6) is 11.5 Å². The van der Waals surface area contributed by atoms with Crippen molar-refractivity contribution in [1.29, 1.82) is 0 Å². The highest BCUT2D eigenvalue weighted by Crippen LogP contribution is 2.42. The molecule has 0 spiro atoms. The summed E-state index contributed by atoms with van der Waals surface area (Å²) in [6, 6.07) is 3.88. The fourth-order valence-corrected chi connectivity index (χ4v) is 3.58. The summed E-state index contributed by atoms with van der Waals surface area (Å²) in [5.74, 6) is 0.740. The Bertz CT molecular complexity index is 697. The molecule has 1 aromatic carbocycles. The molecule has 1 aliphatic carbocycles. The number of benzene rings is 1. The zero-order valence-electron chi connectivity index (χ0n) is 18.1. The van der Waals surface area contributed by atoms with Gasteiger partial charge < -0.3 is 14.6 Å². The van der Waals surface area contributed by atoms with Gasteiger partial charge in [-0.25, -0.2) is 0 Å². The van der Waals surface area contributed by atoms with Crippen molar-refractivity contribution in [3.63, 3.8) is 0 Å². The molecule has 1 N–H and O–H groups in total. The molecule has 0 bridgehead atoms. The van der Waals surface area contributed by atoms with Gasteiger partial charge in [-0.1, -0.05) is 31.4 Å². The molecule has 1 unspecified atom stereocenters. The quantitative estimate of drug-likeness (QED) is 0.247. The number of carbonyl (C=O) groups excluding carboxylic acids is 1. The number of allylic oxidation sites excluding steroid dienone is 2. The third-order valence-electron chi connectivity index (χ3n) is 5.21. The van der Waals surface area contributed by atoms with Crippen LogP contribution in [-0.2, 0) is 16.0 Å². The van der Waals surface area contributed by atoms with Crippen LogP contribution in [0.15, 0.2) is 23.8 Å². The van der Waals surface area contributed by atoms with E-state index in [4.69, 9.17) is 9.47 Å². The van der Waals surface area contributed by atoms with Crippen molar-refractivity contribution < 1.29 is 19.4 Å². The topological polar surface area (TPSA) is 55.8 Å². The predicted molar refractivity (Wildman–Crippen MR) is 113 cm³/mol. The summed E-state index contributed by atoms with van der Waals surface area (Å²) in [6.07, 6.45) is 9.71. The van der Waals surface area contributed by atoms with Crippen molar-refractivity contribution >= 4 is 5.97 Å². The Labute approximate surface area is 169 Å². The van der Waals surface area contributed by atoms with E-state index in [-0.39, 0.29) is 24.4 Å². The Morgan fingerprint density at radius 3 is 2.64 bits per heavy atom.